The van der Waals surface area contributed by atoms with Crippen LogP contribution in [0.5, 0.6) is 5.75 Å². The summed E-state index contributed by atoms with van der Waals surface area (Å²) in [5, 5.41) is 9.22. The van der Waals surface area contributed by atoms with Gasteiger partial charge in [-0.3, -0.25) is 0 Å². The van der Waals surface area contributed by atoms with Crippen molar-refractivity contribution in [3.8, 4) is 17.6 Å². The molecule has 0 atom stereocenters. The molecule has 0 aliphatic carbocycles. The lowest BCUT2D eigenvalue weighted by molar-refractivity contribution is 0.201. The minimum Gasteiger partial charge on any atom is -0.491 e. The van der Waals surface area contributed by atoms with Crippen molar-refractivity contribution in [2.45, 2.75) is 0 Å². The van der Waals surface area contributed by atoms with Crippen LogP contribution in [0.2, 0.25) is 0 Å². The van der Waals surface area contributed by atoms with E-state index in [-0.39, 0.29) is 6.61 Å². The molecule has 0 bridgehead atoms. The van der Waals surface area contributed by atoms with Crippen LogP contribution < -0.4 is 4.74 Å². The Morgan fingerprint density at radius 3 is 2.57 bits per heavy atom. The second kappa shape index (κ2) is 6.47. The Bertz CT molecular complexity index is 321. The molecule has 0 radical (unpaired) electrons. The summed E-state index contributed by atoms with van der Waals surface area (Å²) in [6, 6.07) is 7.46. The van der Waals surface area contributed by atoms with Gasteiger partial charge in [-0.25, -0.2) is 0 Å². The average Bonchev–Trinajstić information content (AvgIpc) is 2.25. The van der Waals surface area contributed by atoms with Gasteiger partial charge in [0.1, 0.15) is 12.4 Å². The predicted octanol–water partition coefficient (Wildman–Crippen LogP) is 1.80. The van der Waals surface area contributed by atoms with Gasteiger partial charge in [0.25, 0.3) is 0 Å². The Labute approximate surface area is 92.0 Å². The highest BCUT2D eigenvalue weighted by atomic mass is 79.9. The van der Waals surface area contributed by atoms with Gasteiger partial charge in [-0.2, -0.15) is 0 Å². The van der Waals surface area contributed by atoms with Gasteiger partial charge < -0.3 is 9.84 Å². The third kappa shape index (κ3) is 3.82. The quantitative estimate of drug-likeness (QED) is 0.659. The number of rotatable bonds is 3. The molecule has 0 aliphatic rings. The third-order valence-electron chi connectivity index (χ3n) is 1.51. The molecule has 0 heterocycles. The molecule has 0 unspecified atom stereocenters. The van der Waals surface area contributed by atoms with Crippen molar-refractivity contribution in [3.05, 3.63) is 29.8 Å². The molecule has 1 rings (SSSR count). The standard InChI is InChI=1S/C11H11BrO2/c12-7-1-2-10-3-5-11(6-4-10)14-9-8-13/h3-6,13H,7-9H2. The van der Waals surface area contributed by atoms with E-state index in [0.29, 0.717) is 11.9 Å². The van der Waals surface area contributed by atoms with E-state index in [0.717, 1.165) is 11.3 Å². The second-order valence-corrected chi connectivity index (χ2v) is 3.09. The smallest absolute Gasteiger partial charge is 0.119 e. The molecule has 3 heteroatoms. The van der Waals surface area contributed by atoms with Crippen molar-refractivity contribution < 1.29 is 9.84 Å². The van der Waals surface area contributed by atoms with E-state index in [1.54, 1.807) is 0 Å². The summed E-state index contributed by atoms with van der Waals surface area (Å²) in [6.07, 6.45) is 0. The first-order chi connectivity index (χ1) is 6.86. The first kappa shape index (κ1) is 11.1. The van der Waals surface area contributed by atoms with Gasteiger partial charge in [-0.1, -0.05) is 27.8 Å². The van der Waals surface area contributed by atoms with E-state index in [1.807, 2.05) is 24.3 Å². The fourth-order valence-electron chi connectivity index (χ4n) is 0.933. The maximum Gasteiger partial charge on any atom is 0.119 e. The molecule has 0 amide bonds. The molecule has 1 N–H and O–H groups in total. The number of hydrogen-bond donors (Lipinski definition) is 1. The minimum atomic E-state index is 0.0329. The van der Waals surface area contributed by atoms with Gasteiger partial charge in [0.15, 0.2) is 0 Å². The number of hydrogen-bond acceptors (Lipinski definition) is 2. The SMILES string of the molecule is OCCOc1ccc(C#CCBr)cc1. The Balaban J connectivity index is 2.59. The second-order valence-electron chi connectivity index (χ2n) is 2.53. The molecule has 0 spiro atoms. The number of ether oxygens (including phenoxy) is 1. The van der Waals surface area contributed by atoms with Gasteiger partial charge in [0, 0.05) is 5.56 Å². The number of alkyl halides is 1. The van der Waals surface area contributed by atoms with E-state index < -0.39 is 0 Å². The van der Waals surface area contributed by atoms with Gasteiger partial charge >= 0.3 is 0 Å². The number of benzene rings is 1. The van der Waals surface area contributed by atoms with E-state index in [9.17, 15) is 0 Å². The largest absolute Gasteiger partial charge is 0.491 e. The molecule has 0 fully saturated rings. The third-order valence-corrected chi connectivity index (χ3v) is 1.79. The van der Waals surface area contributed by atoms with E-state index in [4.69, 9.17) is 9.84 Å². The summed E-state index contributed by atoms with van der Waals surface area (Å²) >= 11 is 3.23. The monoisotopic (exact) mass is 254 g/mol. The maximum absolute atomic E-state index is 8.55. The molecule has 0 saturated carbocycles. The van der Waals surface area contributed by atoms with Crippen LogP contribution in [0.4, 0.5) is 0 Å². The van der Waals surface area contributed by atoms with Crippen molar-refractivity contribution in [1.82, 2.24) is 0 Å². The fourth-order valence-corrected chi connectivity index (χ4v) is 1.07. The van der Waals surface area contributed by atoms with Gasteiger partial charge in [-0.15, -0.1) is 0 Å². The first-order valence-electron chi connectivity index (χ1n) is 4.25. The molecule has 1 aromatic carbocycles. The van der Waals surface area contributed by atoms with Crippen LogP contribution in [0.25, 0.3) is 0 Å². The van der Waals surface area contributed by atoms with E-state index in [1.165, 1.54) is 0 Å². The maximum atomic E-state index is 8.55. The van der Waals surface area contributed by atoms with E-state index >= 15 is 0 Å². The zero-order chi connectivity index (χ0) is 10.2. The lowest BCUT2D eigenvalue weighted by Crippen LogP contribution is -2.01. The Hall–Kier alpha value is -0.980. The van der Waals surface area contributed by atoms with Crippen LogP contribution in [0.1, 0.15) is 5.56 Å². The number of aliphatic hydroxyl groups is 1. The van der Waals surface area contributed by atoms with Gasteiger partial charge in [0.05, 0.1) is 11.9 Å². The molecule has 0 aliphatic heterocycles. The van der Waals surface area contributed by atoms with Crippen LogP contribution in [0, 0.1) is 11.8 Å². The highest BCUT2D eigenvalue weighted by molar-refractivity contribution is 9.09. The highest BCUT2D eigenvalue weighted by Gasteiger charge is 1.92. The summed E-state index contributed by atoms with van der Waals surface area (Å²) in [7, 11) is 0. The van der Waals surface area contributed by atoms with Crippen molar-refractivity contribution in [2.24, 2.45) is 0 Å². The Morgan fingerprint density at radius 2 is 2.00 bits per heavy atom. The summed E-state index contributed by atoms with van der Waals surface area (Å²) in [6.45, 7) is 0.359. The molecular weight excluding hydrogens is 244 g/mol. The van der Waals surface area contributed by atoms with Crippen LogP contribution >= 0.6 is 15.9 Å². The lowest BCUT2D eigenvalue weighted by atomic mass is 10.2. The summed E-state index contributed by atoms with van der Waals surface area (Å²) in [5.74, 6) is 6.64. The molecule has 1 aromatic rings. The molecule has 2 nitrogen and oxygen atoms in total. The lowest BCUT2D eigenvalue weighted by Gasteiger charge is -2.02. The first-order valence-corrected chi connectivity index (χ1v) is 5.37. The molecule has 0 aromatic heterocycles. The number of halogens is 1. The van der Waals surface area contributed by atoms with Crippen LogP contribution in [-0.4, -0.2) is 23.7 Å². The van der Waals surface area contributed by atoms with Crippen LogP contribution in [-0.2, 0) is 0 Å². The average molecular weight is 255 g/mol. The normalized spacial score (nSPS) is 9.00. The predicted molar refractivity (Wildman–Crippen MR) is 59.7 cm³/mol. The summed E-state index contributed by atoms with van der Waals surface area (Å²) in [5.41, 5.74) is 0.959. The van der Waals surface area contributed by atoms with E-state index in [2.05, 4.69) is 27.8 Å². The Morgan fingerprint density at radius 1 is 1.29 bits per heavy atom. The minimum absolute atomic E-state index is 0.0329. The van der Waals surface area contributed by atoms with Crippen molar-refractivity contribution in [2.75, 3.05) is 18.5 Å². The summed E-state index contributed by atoms with van der Waals surface area (Å²) in [4.78, 5) is 0. The Kier molecular flexibility index (Phi) is 5.13. The topological polar surface area (TPSA) is 29.5 Å². The zero-order valence-electron chi connectivity index (χ0n) is 7.66. The van der Waals surface area contributed by atoms with Crippen molar-refractivity contribution in [3.63, 3.8) is 0 Å². The van der Waals surface area contributed by atoms with Gasteiger partial charge in [-0.05, 0) is 24.3 Å². The number of aliphatic hydroxyl groups excluding tert-OH is 1. The van der Waals surface area contributed by atoms with Gasteiger partial charge in [0.2, 0.25) is 0 Å². The summed E-state index contributed by atoms with van der Waals surface area (Å²) < 4.78 is 5.21. The molecule has 14 heavy (non-hydrogen) atoms. The molecule has 0 saturated heterocycles. The fraction of sp³-hybridized carbons (Fsp3) is 0.273. The van der Waals surface area contributed by atoms with Crippen molar-refractivity contribution >= 4 is 15.9 Å². The van der Waals surface area contributed by atoms with Crippen molar-refractivity contribution in [1.29, 1.82) is 0 Å². The zero-order valence-corrected chi connectivity index (χ0v) is 9.25. The molecular formula is C11H11BrO2. The molecule has 74 valence electrons. The van der Waals surface area contributed by atoms with Crippen LogP contribution in [0.15, 0.2) is 24.3 Å². The highest BCUT2D eigenvalue weighted by Crippen LogP contribution is 2.11. The van der Waals surface area contributed by atoms with Crippen LogP contribution in [0.3, 0.4) is 0 Å².